The van der Waals surface area contributed by atoms with Gasteiger partial charge in [-0.2, -0.15) is 5.10 Å². The Morgan fingerprint density at radius 1 is 0.847 bits per heavy atom. The van der Waals surface area contributed by atoms with Gasteiger partial charge in [-0.1, -0.05) is 59.8 Å². The molecule has 3 aromatic carbocycles. The number of methoxy groups -OCH3 is 1. The summed E-state index contributed by atoms with van der Waals surface area (Å²) < 4.78 is 35.8. The number of hydrazine groups is 1. The number of carbonyl (C=O) groups excluding carboxylic acids is 2. The zero-order valence-electron chi connectivity index (χ0n) is 32.7. The molecule has 59 heavy (non-hydrogen) atoms. The quantitative estimate of drug-likeness (QED) is 0.0525. The lowest BCUT2D eigenvalue weighted by molar-refractivity contribution is -0.0763. The number of hydrogen-bond acceptors (Lipinski definition) is 14. The van der Waals surface area contributed by atoms with E-state index in [0.29, 0.717) is 57.0 Å². The lowest BCUT2D eigenvalue weighted by Gasteiger charge is -2.25. The van der Waals surface area contributed by atoms with Gasteiger partial charge in [0.15, 0.2) is 12.6 Å². The number of amides is 2. The maximum Gasteiger partial charge on any atom is 0.422 e. The Morgan fingerprint density at radius 2 is 1.56 bits per heavy atom. The van der Waals surface area contributed by atoms with Crippen LogP contribution in [0.5, 0.6) is 11.5 Å². The Balaban J connectivity index is 0.853. The lowest BCUT2D eigenvalue weighted by Crippen LogP contribution is -2.45. The van der Waals surface area contributed by atoms with Crippen molar-refractivity contribution in [3.8, 4) is 11.5 Å². The SMILES string of the molecule is COc1ccc(C[C@H]2NC[C@H](OCOc3ccc(C[C@H]4NC[C@H](O)[C@H]4OC(=O)NCCc4cnn(Cc5ccccc5)c4)cc3)[C@H]2OC(=O)NNCc2ccno2)cc1. The minimum Gasteiger partial charge on any atom is -0.497 e. The van der Waals surface area contributed by atoms with Crippen LogP contribution in [0.4, 0.5) is 9.59 Å². The van der Waals surface area contributed by atoms with E-state index >= 15 is 0 Å². The minimum absolute atomic E-state index is 0.0798. The van der Waals surface area contributed by atoms with Crippen molar-refractivity contribution in [2.45, 2.75) is 68.9 Å². The summed E-state index contributed by atoms with van der Waals surface area (Å²) in [5.74, 6) is 1.89. The topological polar surface area (TPSA) is 205 Å². The number of carbonyl (C=O) groups is 2. The van der Waals surface area contributed by atoms with Gasteiger partial charge in [0.2, 0.25) is 0 Å². The van der Waals surface area contributed by atoms with Crippen molar-refractivity contribution < 1.29 is 42.9 Å². The van der Waals surface area contributed by atoms with Gasteiger partial charge in [0, 0.05) is 31.9 Å². The smallest absolute Gasteiger partial charge is 0.422 e. The Labute approximate surface area is 341 Å². The van der Waals surface area contributed by atoms with Crippen LogP contribution in [0.1, 0.15) is 28.0 Å². The molecule has 312 valence electrons. The molecule has 2 aliphatic rings. The summed E-state index contributed by atoms with van der Waals surface area (Å²) >= 11 is 0. The Morgan fingerprint density at radius 3 is 2.29 bits per heavy atom. The van der Waals surface area contributed by atoms with Crippen molar-refractivity contribution in [2.75, 3.05) is 33.5 Å². The second-order valence-electron chi connectivity index (χ2n) is 14.4. The first-order chi connectivity index (χ1) is 28.9. The fourth-order valence-electron chi connectivity index (χ4n) is 7.12. The van der Waals surface area contributed by atoms with Crippen LogP contribution in [0.2, 0.25) is 0 Å². The third kappa shape index (κ3) is 12.0. The maximum atomic E-state index is 12.8. The van der Waals surface area contributed by atoms with Gasteiger partial charge in [0.05, 0.1) is 44.7 Å². The molecule has 0 spiro atoms. The summed E-state index contributed by atoms with van der Waals surface area (Å²) in [4.78, 5) is 25.5. The van der Waals surface area contributed by atoms with E-state index < -0.39 is 36.6 Å². The molecule has 7 rings (SSSR count). The van der Waals surface area contributed by atoms with E-state index in [-0.39, 0.29) is 25.4 Å². The molecule has 0 radical (unpaired) electrons. The molecule has 4 heterocycles. The van der Waals surface area contributed by atoms with E-state index in [9.17, 15) is 14.7 Å². The van der Waals surface area contributed by atoms with Crippen molar-refractivity contribution in [1.82, 2.24) is 41.7 Å². The second kappa shape index (κ2) is 20.6. The van der Waals surface area contributed by atoms with Gasteiger partial charge in [-0.3, -0.25) is 10.1 Å². The summed E-state index contributed by atoms with van der Waals surface area (Å²) in [6.45, 7) is 1.94. The molecule has 17 nitrogen and oxygen atoms in total. The zero-order chi connectivity index (χ0) is 40.8. The van der Waals surface area contributed by atoms with Crippen LogP contribution < -0.4 is 36.3 Å². The highest BCUT2D eigenvalue weighted by Crippen LogP contribution is 2.23. The number of nitrogens with one attached hydrogen (secondary N) is 5. The summed E-state index contributed by atoms with van der Waals surface area (Å²) in [5, 5.41) is 28.2. The number of aromatic nitrogens is 3. The van der Waals surface area contributed by atoms with Gasteiger partial charge in [0.25, 0.3) is 0 Å². The summed E-state index contributed by atoms with van der Waals surface area (Å²) in [5.41, 5.74) is 9.47. The Hall–Kier alpha value is -5.98. The number of alkyl carbamates (subject to hydrolysis) is 1. The second-order valence-corrected chi connectivity index (χ2v) is 14.4. The van der Waals surface area contributed by atoms with Crippen molar-refractivity contribution in [3.63, 3.8) is 0 Å². The average Bonchev–Trinajstić information content (AvgIpc) is 4.07. The summed E-state index contributed by atoms with van der Waals surface area (Å²) in [7, 11) is 1.62. The molecule has 2 aromatic heterocycles. The van der Waals surface area contributed by atoms with Crippen LogP contribution in [0.25, 0.3) is 0 Å². The first-order valence-electron chi connectivity index (χ1n) is 19.6. The van der Waals surface area contributed by atoms with Crippen molar-refractivity contribution >= 4 is 12.2 Å². The fourth-order valence-corrected chi connectivity index (χ4v) is 7.12. The molecule has 6 N–H and O–H groups in total. The first-order valence-corrected chi connectivity index (χ1v) is 19.6. The predicted octanol–water partition coefficient (Wildman–Crippen LogP) is 2.88. The van der Waals surface area contributed by atoms with Crippen molar-refractivity contribution in [3.05, 3.63) is 132 Å². The van der Waals surface area contributed by atoms with Gasteiger partial charge in [-0.05, 0) is 65.8 Å². The van der Waals surface area contributed by atoms with Crippen LogP contribution in [-0.2, 0) is 46.6 Å². The third-order valence-corrected chi connectivity index (χ3v) is 10.2. The highest BCUT2D eigenvalue weighted by atomic mass is 16.7. The highest BCUT2D eigenvalue weighted by molar-refractivity contribution is 5.67. The van der Waals surface area contributed by atoms with Crippen molar-refractivity contribution in [1.29, 1.82) is 0 Å². The van der Waals surface area contributed by atoms with Crippen LogP contribution >= 0.6 is 0 Å². The first kappa shape index (κ1) is 41.2. The van der Waals surface area contributed by atoms with Crippen LogP contribution in [-0.4, -0.2) is 102 Å². The van der Waals surface area contributed by atoms with Gasteiger partial charge < -0.3 is 49.3 Å². The molecule has 17 heteroatoms. The number of hydrogen-bond donors (Lipinski definition) is 6. The fraction of sp³-hybridized carbons (Fsp3) is 0.381. The number of aliphatic hydroxyl groups is 1. The van der Waals surface area contributed by atoms with Crippen LogP contribution in [0.3, 0.4) is 0 Å². The summed E-state index contributed by atoms with van der Waals surface area (Å²) in [6.07, 6.45) is 3.05. The normalized spacial score (nSPS) is 21.2. The standard InChI is InChI=1S/C42H50N8O9/c1-54-32-11-7-28(8-12-32)20-36-40(58-42(53)49-46-22-34-16-18-48-59-34)38(24-45-36)56-27-55-33-13-9-29(10-14-33)19-35-39(37(51)23-44-35)57-41(52)43-17-15-31-21-47-50(26-31)25-30-5-3-2-4-6-30/h2-14,16,18,21,26,35-40,44-46,51H,15,17,19-20,22-25,27H2,1H3,(H,43,52)(H,49,53)/t35-,36-,37+,38+,39+,40+/m1/s1. The predicted molar refractivity (Wildman–Crippen MR) is 213 cm³/mol. The zero-order valence-corrected chi connectivity index (χ0v) is 32.7. The molecular formula is C42H50N8O9. The van der Waals surface area contributed by atoms with E-state index in [1.54, 1.807) is 19.4 Å². The lowest BCUT2D eigenvalue weighted by atomic mass is 10.0. The molecule has 0 aliphatic carbocycles. The molecule has 0 unspecified atom stereocenters. The highest BCUT2D eigenvalue weighted by Gasteiger charge is 2.40. The number of β-amino-alcohol motifs (C(OH)–C–C–N with tert-alkyl or cyclic N) is 1. The molecule has 2 aliphatic heterocycles. The van der Waals surface area contributed by atoms with Gasteiger partial charge in [-0.25, -0.2) is 15.0 Å². The van der Waals surface area contributed by atoms with E-state index in [1.807, 2.05) is 77.6 Å². The molecule has 6 atom stereocenters. The minimum atomic E-state index is -0.836. The number of aliphatic hydroxyl groups excluding tert-OH is 1. The van der Waals surface area contributed by atoms with Crippen molar-refractivity contribution in [2.24, 2.45) is 0 Å². The maximum absolute atomic E-state index is 12.8. The third-order valence-electron chi connectivity index (χ3n) is 10.2. The van der Waals surface area contributed by atoms with Gasteiger partial charge >= 0.3 is 12.2 Å². The molecule has 0 bridgehead atoms. The number of ether oxygens (including phenoxy) is 5. The van der Waals surface area contributed by atoms with E-state index in [2.05, 4.69) is 49.2 Å². The van der Waals surface area contributed by atoms with Crippen LogP contribution in [0, 0.1) is 0 Å². The number of nitrogens with zero attached hydrogens (tertiary/aromatic N) is 3. The van der Waals surface area contributed by atoms with E-state index in [1.165, 1.54) is 6.20 Å². The summed E-state index contributed by atoms with van der Waals surface area (Å²) in [6, 6.07) is 26.5. The largest absolute Gasteiger partial charge is 0.497 e. The Kier molecular flexibility index (Phi) is 14.4. The molecule has 5 aromatic rings. The molecule has 2 fully saturated rings. The Bertz CT molecular complexity index is 2030. The van der Waals surface area contributed by atoms with Crippen LogP contribution in [0.15, 0.2) is 108 Å². The molecule has 2 saturated heterocycles. The number of benzene rings is 3. The average molecular weight is 811 g/mol. The molecular weight excluding hydrogens is 761 g/mol. The molecule has 0 saturated carbocycles. The molecule has 2 amide bonds. The number of rotatable bonds is 19. The van der Waals surface area contributed by atoms with Gasteiger partial charge in [0.1, 0.15) is 35.9 Å². The van der Waals surface area contributed by atoms with E-state index in [4.69, 9.17) is 28.2 Å². The van der Waals surface area contributed by atoms with Gasteiger partial charge in [-0.15, -0.1) is 0 Å². The monoisotopic (exact) mass is 810 g/mol. The van der Waals surface area contributed by atoms with E-state index in [0.717, 1.165) is 28.0 Å².